The average Bonchev–Trinajstić information content (AvgIpc) is 2.99. The lowest BCUT2D eigenvalue weighted by molar-refractivity contribution is -0.145. The number of carbonyl (C=O) groups is 1. The monoisotopic (exact) mass is 391 g/mol. The lowest BCUT2D eigenvalue weighted by Gasteiger charge is -2.03. The van der Waals surface area contributed by atoms with Crippen molar-refractivity contribution in [2.45, 2.75) is 45.4 Å². The van der Waals surface area contributed by atoms with E-state index in [0.29, 0.717) is 11.6 Å². The van der Waals surface area contributed by atoms with Crippen LogP contribution in [0.3, 0.4) is 0 Å². The summed E-state index contributed by atoms with van der Waals surface area (Å²) in [6.45, 7) is 0.585. The summed E-state index contributed by atoms with van der Waals surface area (Å²) in [6.07, 6.45) is 3.86. The summed E-state index contributed by atoms with van der Waals surface area (Å²) in [6, 6.07) is 7.79. The summed E-state index contributed by atoms with van der Waals surface area (Å²) in [5.74, 6) is 0.265. The number of aryl methyl sites for hydroxylation is 1. The molecule has 0 amide bonds. The highest BCUT2D eigenvalue weighted by Crippen LogP contribution is 2.35. The molecule has 0 radical (unpaired) electrons. The molecule has 3 heterocycles. The molecule has 2 aromatic heterocycles. The SMILES string of the molecule is O=C(Cn1nc2n(c1=O)CCCCC2)OCc1sc2ccccc2c1Cl. The Balaban J connectivity index is 1.44. The molecule has 3 aromatic rings. The van der Waals surface area contributed by atoms with E-state index in [1.807, 2.05) is 24.3 Å². The van der Waals surface area contributed by atoms with Gasteiger partial charge < -0.3 is 4.74 Å². The van der Waals surface area contributed by atoms with E-state index in [0.717, 1.165) is 46.5 Å². The molecule has 0 saturated carbocycles. The number of hydrogen-bond acceptors (Lipinski definition) is 5. The standard InChI is InChI=1S/C18H18ClN3O3S/c19-17-12-6-3-4-7-13(12)26-14(17)11-25-16(23)10-22-18(24)21-9-5-1-2-8-15(21)20-22/h3-4,6-7H,1-2,5,8-11H2. The van der Waals surface area contributed by atoms with Crippen molar-refractivity contribution in [3.05, 3.63) is 50.5 Å². The van der Waals surface area contributed by atoms with Crippen molar-refractivity contribution in [3.63, 3.8) is 0 Å². The molecule has 1 aliphatic rings. The maximum absolute atomic E-state index is 12.4. The maximum Gasteiger partial charge on any atom is 0.346 e. The molecule has 26 heavy (non-hydrogen) atoms. The van der Waals surface area contributed by atoms with E-state index in [1.54, 1.807) is 4.57 Å². The summed E-state index contributed by atoms with van der Waals surface area (Å²) in [7, 11) is 0. The van der Waals surface area contributed by atoms with Crippen molar-refractivity contribution in [1.29, 1.82) is 0 Å². The van der Waals surface area contributed by atoms with Gasteiger partial charge in [0.1, 0.15) is 19.0 Å². The van der Waals surface area contributed by atoms with Crippen molar-refractivity contribution in [2.75, 3.05) is 0 Å². The molecule has 136 valence electrons. The van der Waals surface area contributed by atoms with Crippen LogP contribution in [0.1, 0.15) is 30.0 Å². The van der Waals surface area contributed by atoms with Gasteiger partial charge in [-0.05, 0) is 18.9 Å². The van der Waals surface area contributed by atoms with Gasteiger partial charge >= 0.3 is 11.7 Å². The Morgan fingerprint density at radius 3 is 2.96 bits per heavy atom. The van der Waals surface area contributed by atoms with Crippen LogP contribution in [0.25, 0.3) is 10.1 Å². The number of fused-ring (bicyclic) bond motifs is 2. The van der Waals surface area contributed by atoms with Crippen molar-refractivity contribution < 1.29 is 9.53 Å². The van der Waals surface area contributed by atoms with Gasteiger partial charge in [-0.1, -0.05) is 36.2 Å². The molecule has 0 N–H and O–H groups in total. The molecule has 1 aliphatic heterocycles. The fraction of sp³-hybridized carbons (Fsp3) is 0.389. The van der Waals surface area contributed by atoms with Gasteiger partial charge in [-0.15, -0.1) is 11.3 Å². The summed E-state index contributed by atoms with van der Waals surface area (Å²) in [5.41, 5.74) is -0.237. The third kappa shape index (κ3) is 3.29. The molecular formula is C18H18ClN3O3S. The minimum atomic E-state index is -0.492. The highest BCUT2D eigenvalue weighted by atomic mass is 35.5. The largest absolute Gasteiger partial charge is 0.459 e. The molecule has 0 fully saturated rings. The van der Waals surface area contributed by atoms with Crippen molar-refractivity contribution in [2.24, 2.45) is 0 Å². The highest BCUT2D eigenvalue weighted by molar-refractivity contribution is 7.19. The lowest BCUT2D eigenvalue weighted by Crippen LogP contribution is -2.28. The van der Waals surface area contributed by atoms with Crippen LogP contribution >= 0.6 is 22.9 Å². The lowest BCUT2D eigenvalue weighted by atomic mass is 10.2. The van der Waals surface area contributed by atoms with Crippen LogP contribution in [0.4, 0.5) is 0 Å². The Morgan fingerprint density at radius 1 is 1.27 bits per heavy atom. The highest BCUT2D eigenvalue weighted by Gasteiger charge is 2.18. The van der Waals surface area contributed by atoms with E-state index in [-0.39, 0.29) is 18.8 Å². The van der Waals surface area contributed by atoms with Crippen LogP contribution in [0.2, 0.25) is 5.02 Å². The van der Waals surface area contributed by atoms with Gasteiger partial charge in [-0.3, -0.25) is 9.36 Å². The summed E-state index contributed by atoms with van der Waals surface area (Å²) < 4.78 is 9.26. The molecular weight excluding hydrogens is 374 g/mol. The Morgan fingerprint density at radius 2 is 2.12 bits per heavy atom. The molecule has 0 aliphatic carbocycles. The normalized spacial score (nSPS) is 14.2. The van der Waals surface area contributed by atoms with Gasteiger partial charge in [0.05, 0.1) is 9.90 Å². The maximum atomic E-state index is 12.4. The molecule has 1 aromatic carbocycles. The van der Waals surface area contributed by atoms with Gasteiger partial charge in [0.2, 0.25) is 0 Å². The van der Waals surface area contributed by atoms with Crippen LogP contribution in [-0.4, -0.2) is 20.3 Å². The number of benzene rings is 1. The van der Waals surface area contributed by atoms with Crippen molar-refractivity contribution in [1.82, 2.24) is 14.3 Å². The summed E-state index contributed by atoms with van der Waals surface area (Å²) >= 11 is 7.86. The van der Waals surface area contributed by atoms with Crippen LogP contribution in [0.15, 0.2) is 29.1 Å². The van der Waals surface area contributed by atoms with E-state index >= 15 is 0 Å². The van der Waals surface area contributed by atoms with Crippen LogP contribution in [0, 0.1) is 0 Å². The van der Waals surface area contributed by atoms with Gasteiger partial charge in [-0.2, -0.15) is 5.10 Å². The van der Waals surface area contributed by atoms with Crippen LogP contribution in [0.5, 0.6) is 0 Å². The fourth-order valence-corrected chi connectivity index (χ4v) is 4.60. The van der Waals surface area contributed by atoms with E-state index in [1.165, 1.54) is 16.0 Å². The van der Waals surface area contributed by atoms with Gasteiger partial charge in [0, 0.05) is 23.1 Å². The number of ether oxygens (including phenoxy) is 1. The van der Waals surface area contributed by atoms with E-state index < -0.39 is 5.97 Å². The predicted molar refractivity (Wildman–Crippen MR) is 101 cm³/mol. The van der Waals surface area contributed by atoms with E-state index in [4.69, 9.17) is 16.3 Å². The van der Waals surface area contributed by atoms with Crippen molar-refractivity contribution >= 4 is 39.0 Å². The minimum Gasteiger partial charge on any atom is -0.459 e. The first-order chi connectivity index (χ1) is 12.6. The number of nitrogens with zero attached hydrogens (tertiary/aromatic N) is 3. The number of carbonyl (C=O) groups excluding carboxylic acids is 1. The van der Waals surface area contributed by atoms with Gasteiger partial charge in [-0.25, -0.2) is 9.48 Å². The number of rotatable bonds is 4. The fourth-order valence-electron chi connectivity index (χ4n) is 3.20. The van der Waals surface area contributed by atoms with Gasteiger partial charge in [0.15, 0.2) is 0 Å². The third-order valence-corrected chi connectivity index (χ3v) is 6.21. The predicted octanol–water partition coefficient (Wildman–Crippen LogP) is 3.38. The first kappa shape index (κ1) is 17.3. The average molecular weight is 392 g/mol. The van der Waals surface area contributed by atoms with Gasteiger partial charge in [0.25, 0.3) is 0 Å². The zero-order chi connectivity index (χ0) is 18.1. The molecule has 4 rings (SSSR count). The third-order valence-electron chi connectivity index (χ3n) is 4.53. The second-order valence-corrected chi connectivity index (χ2v) is 7.83. The van der Waals surface area contributed by atoms with Crippen LogP contribution in [-0.2, 0) is 35.6 Å². The van der Waals surface area contributed by atoms with Crippen molar-refractivity contribution in [3.8, 4) is 0 Å². The molecule has 0 bridgehead atoms. The number of thiophene rings is 1. The zero-order valence-corrected chi connectivity index (χ0v) is 15.7. The molecule has 0 atom stereocenters. The molecule has 0 saturated heterocycles. The number of halogens is 1. The number of hydrogen-bond donors (Lipinski definition) is 0. The Labute approximate surface area is 159 Å². The first-order valence-electron chi connectivity index (χ1n) is 8.61. The van der Waals surface area contributed by atoms with Crippen LogP contribution < -0.4 is 5.69 Å². The Hall–Kier alpha value is -2.12. The quantitative estimate of drug-likeness (QED) is 0.639. The number of esters is 1. The van der Waals surface area contributed by atoms with E-state index in [9.17, 15) is 9.59 Å². The smallest absolute Gasteiger partial charge is 0.346 e. The topological polar surface area (TPSA) is 66.1 Å². The number of aromatic nitrogens is 3. The summed E-state index contributed by atoms with van der Waals surface area (Å²) in [5, 5.41) is 5.87. The molecule has 0 unspecified atom stereocenters. The van der Waals surface area contributed by atoms with E-state index in [2.05, 4.69) is 5.10 Å². The Kier molecular flexibility index (Phi) is 4.82. The summed E-state index contributed by atoms with van der Waals surface area (Å²) in [4.78, 5) is 25.4. The first-order valence-corrected chi connectivity index (χ1v) is 9.81. The second-order valence-electron chi connectivity index (χ2n) is 6.31. The molecule has 6 nitrogen and oxygen atoms in total. The molecule has 8 heteroatoms. The second kappa shape index (κ2) is 7.25. The zero-order valence-electron chi connectivity index (χ0n) is 14.1. The Bertz CT molecular complexity index is 1020. The minimum absolute atomic E-state index is 0.0966. The molecule has 0 spiro atoms.